The van der Waals surface area contributed by atoms with Crippen LogP contribution in [-0.2, 0) is 0 Å². The molecule has 5 nitrogen and oxygen atoms in total. The third kappa shape index (κ3) is 3.24. The SMILES string of the molecule is CCC(C)NC1=CC=C(c2cncnc2)NC1(N)C1CCCC1. The number of aromatic nitrogens is 2. The molecule has 0 spiro atoms. The van der Waals surface area contributed by atoms with E-state index >= 15 is 0 Å². The van der Waals surface area contributed by atoms with Crippen LogP contribution in [0.1, 0.15) is 51.5 Å². The fourth-order valence-electron chi connectivity index (χ4n) is 3.48. The molecular formula is C18H27N5. The van der Waals surface area contributed by atoms with Gasteiger partial charge in [0.15, 0.2) is 0 Å². The molecule has 2 heterocycles. The average Bonchev–Trinajstić information content (AvgIpc) is 3.12. The maximum absolute atomic E-state index is 6.92. The molecule has 5 heteroatoms. The third-order valence-corrected chi connectivity index (χ3v) is 5.09. The molecule has 0 bridgehead atoms. The second-order valence-corrected chi connectivity index (χ2v) is 6.72. The Labute approximate surface area is 138 Å². The number of allylic oxidation sites excluding steroid dienone is 2. The van der Waals surface area contributed by atoms with Gasteiger partial charge < -0.3 is 16.4 Å². The van der Waals surface area contributed by atoms with Crippen LogP contribution in [0.15, 0.2) is 36.6 Å². The first kappa shape index (κ1) is 16.0. The molecule has 1 aromatic rings. The zero-order chi connectivity index (χ0) is 16.3. The van der Waals surface area contributed by atoms with Gasteiger partial charge >= 0.3 is 0 Å². The predicted molar refractivity (Wildman–Crippen MR) is 93.0 cm³/mol. The Morgan fingerprint density at radius 3 is 2.65 bits per heavy atom. The summed E-state index contributed by atoms with van der Waals surface area (Å²) >= 11 is 0. The minimum absolute atomic E-state index is 0.405. The van der Waals surface area contributed by atoms with Crippen molar-refractivity contribution in [3.63, 3.8) is 0 Å². The Morgan fingerprint density at radius 1 is 1.30 bits per heavy atom. The van der Waals surface area contributed by atoms with Gasteiger partial charge in [-0.3, -0.25) is 0 Å². The standard InChI is InChI=1S/C18H27N5/c1-3-13(2)22-17-9-8-16(14-10-20-12-21-11-14)23-18(17,19)15-6-4-5-7-15/h8-13,15,22-23H,3-7,19H2,1-2H3. The highest BCUT2D eigenvalue weighted by atomic mass is 15.2. The summed E-state index contributed by atoms with van der Waals surface area (Å²) < 4.78 is 0. The van der Waals surface area contributed by atoms with Crippen molar-refractivity contribution in [3.8, 4) is 0 Å². The summed E-state index contributed by atoms with van der Waals surface area (Å²) in [6.07, 6.45) is 15.3. The highest BCUT2D eigenvalue weighted by Crippen LogP contribution is 2.37. The van der Waals surface area contributed by atoms with Crippen molar-refractivity contribution in [3.05, 3.63) is 42.1 Å². The zero-order valence-corrected chi connectivity index (χ0v) is 14.0. The number of rotatable bonds is 5. The number of nitrogens with zero attached hydrogens (tertiary/aromatic N) is 2. The van der Waals surface area contributed by atoms with Gasteiger partial charge in [-0.15, -0.1) is 0 Å². The molecule has 0 amide bonds. The molecule has 0 saturated heterocycles. The molecule has 1 fully saturated rings. The molecule has 1 saturated carbocycles. The zero-order valence-electron chi connectivity index (χ0n) is 14.0. The van der Waals surface area contributed by atoms with Crippen LogP contribution >= 0.6 is 0 Å². The molecule has 3 rings (SSSR count). The lowest BCUT2D eigenvalue weighted by Gasteiger charge is -2.43. The first-order valence-corrected chi connectivity index (χ1v) is 8.65. The monoisotopic (exact) mass is 313 g/mol. The molecule has 1 aromatic heterocycles. The fourth-order valence-corrected chi connectivity index (χ4v) is 3.48. The van der Waals surface area contributed by atoms with Crippen molar-refractivity contribution in [2.24, 2.45) is 11.7 Å². The van der Waals surface area contributed by atoms with Crippen molar-refractivity contribution >= 4 is 5.70 Å². The van der Waals surface area contributed by atoms with Crippen LogP contribution in [0.3, 0.4) is 0 Å². The van der Waals surface area contributed by atoms with Crippen LogP contribution < -0.4 is 16.4 Å². The summed E-state index contributed by atoms with van der Waals surface area (Å²) in [5.41, 5.74) is 9.44. The quantitative estimate of drug-likeness (QED) is 0.779. The predicted octanol–water partition coefficient (Wildman–Crippen LogP) is 2.54. The molecular weight excluding hydrogens is 286 g/mol. The van der Waals surface area contributed by atoms with Crippen molar-refractivity contribution in [2.45, 2.75) is 57.7 Å². The Bertz CT molecular complexity index is 589. The van der Waals surface area contributed by atoms with Crippen LogP contribution in [0.5, 0.6) is 0 Å². The maximum atomic E-state index is 6.92. The van der Waals surface area contributed by atoms with E-state index in [1.54, 1.807) is 6.33 Å². The minimum atomic E-state index is -0.542. The number of hydrogen-bond acceptors (Lipinski definition) is 5. The van der Waals surface area contributed by atoms with E-state index < -0.39 is 5.66 Å². The summed E-state index contributed by atoms with van der Waals surface area (Å²) in [5, 5.41) is 7.20. The van der Waals surface area contributed by atoms with E-state index in [1.807, 2.05) is 12.4 Å². The molecule has 4 N–H and O–H groups in total. The van der Waals surface area contributed by atoms with Crippen molar-refractivity contribution in [1.29, 1.82) is 0 Å². The van der Waals surface area contributed by atoms with Crippen LogP contribution in [0.25, 0.3) is 5.70 Å². The fraction of sp³-hybridized carbons (Fsp3) is 0.556. The van der Waals surface area contributed by atoms with Crippen molar-refractivity contribution < 1.29 is 0 Å². The van der Waals surface area contributed by atoms with Gasteiger partial charge in [0.2, 0.25) is 0 Å². The summed E-state index contributed by atoms with van der Waals surface area (Å²) in [6, 6.07) is 0.405. The Kier molecular flexibility index (Phi) is 4.66. The third-order valence-electron chi connectivity index (χ3n) is 5.09. The van der Waals surface area contributed by atoms with Gasteiger partial charge in [0, 0.05) is 35.6 Å². The van der Waals surface area contributed by atoms with E-state index in [0.717, 1.165) is 23.4 Å². The molecule has 1 aliphatic heterocycles. The van der Waals surface area contributed by atoms with Gasteiger partial charge in [-0.2, -0.15) is 0 Å². The highest BCUT2D eigenvalue weighted by molar-refractivity contribution is 5.67. The number of hydrogen-bond donors (Lipinski definition) is 3. The first-order chi connectivity index (χ1) is 11.1. The number of nitrogens with one attached hydrogen (secondary N) is 2. The first-order valence-electron chi connectivity index (χ1n) is 8.65. The molecule has 2 aliphatic rings. The van der Waals surface area contributed by atoms with Crippen LogP contribution in [0, 0.1) is 5.92 Å². The van der Waals surface area contributed by atoms with Gasteiger partial charge in [-0.05, 0) is 38.3 Å². The van der Waals surface area contributed by atoms with Gasteiger partial charge in [-0.25, -0.2) is 9.97 Å². The lowest BCUT2D eigenvalue weighted by atomic mass is 9.85. The normalized spacial score (nSPS) is 26.2. The smallest absolute Gasteiger partial charge is 0.130 e. The van der Waals surface area contributed by atoms with Gasteiger partial charge in [0.1, 0.15) is 12.0 Å². The Balaban J connectivity index is 1.92. The summed E-state index contributed by atoms with van der Waals surface area (Å²) in [6.45, 7) is 4.38. The van der Waals surface area contributed by atoms with Crippen LogP contribution in [0.4, 0.5) is 0 Å². The van der Waals surface area contributed by atoms with E-state index in [1.165, 1.54) is 25.7 Å². The average molecular weight is 313 g/mol. The Hall–Kier alpha value is -1.88. The molecule has 2 unspecified atom stereocenters. The maximum Gasteiger partial charge on any atom is 0.130 e. The second-order valence-electron chi connectivity index (χ2n) is 6.72. The Morgan fingerprint density at radius 2 is 2.00 bits per heavy atom. The summed E-state index contributed by atoms with van der Waals surface area (Å²) in [5.74, 6) is 0.443. The van der Waals surface area contributed by atoms with E-state index in [9.17, 15) is 0 Å². The van der Waals surface area contributed by atoms with Gasteiger partial charge in [0.05, 0.1) is 5.70 Å². The highest BCUT2D eigenvalue weighted by Gasteiger charge is 2.42. The van der Waals surface area contributed by atoms with Crippen molar-refractivity contribution in [2.75, 3.05) is 0 Å². The van der Waals surface area contributed by atoms with Gasteiger partial charge in [0.25, 0.3) is 0 Å². The van der Waals surface area contributed by atoms with Crippen molar-refractivity contribution in [1.82, 2.24) is 20.6 Å². The van der Waals surface area contributed by atoms with E-state index in [0.29, 0.717) is 12.0 Å². The molecule has 0 radical (unpaired) electrons. The minimum Gasteiger partial charge on any atom is -0.383 e. The van der Waals surface area contributed by atoms with Crippen LogP contribution in [-0.4, -0.2) is 21.7 Å². The van der Waals surface area contributed by atoms with Gasteiger partial charge in [-0.1, -0.05) is 19.8 Å². The lowest BCUT2D eigenvalue weighted by molar-refractivity contribution is 0.271. The molecule has 1 aliphatic carbocycles. The number of dihydropyridines is 1. The second kappa shape index (κ2) is 6.71. The number of nitrogens with two attached hydrogens (primary N) is 1. The summed E-state index contributed by atoms with van der Waals surface area (Å²) in [4.78, 5) is 8.23. The molecule has 0 aromatic carbocycles. The molecule has 124 valence electrons. The van der Waals surface area contributed by atoms with E-state index in [2.05, 4.69) is 46.6 Å². The summed E-state index contributed by atoms with van der Waals surface area (Å²) in [7, 11) is 0. The molecule has 23 heavy (non-hydrogen) atoms. The van der Waals surface area contributed by atoms with Crippen LogP contribution in [0.2, 0.25) is 0 Å². The largest absolute Gasteiger partial charge is 0.383 e. The molecule has 2 atom stereocenters. The van der Waals surface area contributed by atoms with E-state index in [-0.39, 0.29) is 0 Å². The lowest BCUT2D eigenvalue weighted by Crippen LogP contribution is -2.63. The topological polar surface area (TPSA) is 75.9 Å². The van der Waals surface area contributed by atoms with E-state index in [4.69, 9.17) is 5.73 Å².